The second kappa shape index (κ2) is 4.77. The summed E-state index contributed by atoms with van der Waals surface area (Å²) >= 11 is 4.14. The molecule has 0 spiro atoms. The molecule has 0 aromatic carbocycles. The molecule has 68 valence electrons. The summed E-state index contributed by atoms with van der Waals surface area (Å²) in [6.07, 6.45) is 3.38. The molecule has 0 saturated carbocycles. The van der Waals surface area contributed by atoms with Gasteiger partial charge in [-0.15, -0.1) is 17.7 Å². The highest BCUT2D eigenvalue weighted by Gasteiger charge is 2.07. The summed E-state index contributed by atoms with van der Waals surface area (Å²) in [4.78, 5) is 0. The number of nitrogens with zero attached hydrogens (tertiary/aromatic N) is 4. The quantitative estimate of drug-likeness (QED) is 0.596. The minimum Gasteiger partial charge on any atom is -0.216 e. The summed E-state index contributed by atoms with van der Waals surface area (Å²) in [7, 11) is 0.0486. The van der Waals surface area contributed by atoms with Crippen LogP contribution in [0.4, 0.5) is 0 Å². The van der Waals surface area contributed by atoms with Crippen molar-refractivity contribution < 1.29 is 0 Å². The summed E-state index contributed by atoms with van der Waals surface area (Å²) in [6.45, 7) is 4.41. The summed E-state index contributed by atoms with van der Waals surface area (Å²) in [5.41, 5.74) is 0. The Morgan fingerprint density at radius 1 is 1.42 bits per heavy atom. The molecule has 0 fully saturated rings. The van der Waals surface area contributed by atoms with E-state index in [0.29, 0.717) is 5.16 Å². The molecule has 1 rings (SSSR count). The third-order valence-corrected chi connectivity index (χ3v) is 4.52. The van der Waals surface area contributed by atoms with Crippen LogP contribution in [-0.2, 0) is 6.29 Å². The van der Waals surface area contributed by atoms with Gasteiger partial charge in [-0.05, 0) is 22.8 Å². The molecule has 0 amide bonds. The molecule has 0 aliphatic carbocycles. The molecular weight excluding hydrogens is 191 g/mol. The maximum Gasteiger partial charge on any atom is 0.206 e. The second-order valence-electron chi connectivity index (χ2n) is 2.42. The van der Waals surface area contributed by atoms with Crippen molar-refractivity contribution in [2.24, 2.45) is 0 Å². The number of hydrogen-bond acceptors (Lipinski definition) is 4. The predicted octanol–water partition coefficient (Wildman–Crippen LogP) is 1.44. The van der Waals surface area contributed by atoms with Crippen LogP contribution in [0.25, 0.3) is 0 Å². The minimum absolute atomic E-state index is 0.0486. The Morgan fingerprint density at radius 3 is 2.50 bits per heavy atom. The van der Waals surface area contributed by atoms with Crippen LogP contribution in [0.5, 0.6) is 0 Å². The van der Waals surface area contributed by atoms with E-state index in [0.717, 1.165) is 6.29 Å². The zero-order chi connectivity index (χ0) is 8.97. The monoisotopic (exact) mass is 204 g/mol. The molecule has 6 heteroatoms. The van der Waals surface area contributed by atoms with Gasteiger partial charge in [0.1, 0.15) is 0 Å². The van der Waals surface area contributed by atoms with Gasteiger partial charge < -0.3 is 0 Å². The number of aromatic nitrogens is 4. The summed E-state index contributed by atoms with van der Waals surface area (Å²) in [5, 5.41) is 11.7. The average Bonchev–Trinajstić information content (AvgIpc) is 2.47. The standard InChI is InChI=1S/C6H13N4PS/c1-3-11(4-2)5-10-6(12)7-8-9-10/h3-5H2,1-2H3,(H,7,9,12). The Balaban J connectivity index is 2.56. The Hall–Kier alpha value is -0.150. The van der Waals surface area contributed by atoms with Crippen LogP contribution in [-0.4, -0.2) is 32.5 Å². The van der Waals surface area contributed by atoms with Crippen molar-refractivity contribution in [2.75, 3.05) is 12.3 Å². The molecule has 0 bridgehead atoms. The third-order valence-electron chi connectivity index (χ3n) is 1.74. The molecule has 0 aliphatic heterocycles. The first-order valence-electron chi connectivity index (χ1n) is 3.95. The van der Waals surface area contributed by atoms with Crippen LogP contribution >= 0.6 is 20.6 Å². The predicted molar refractivity (Wildman–Crippen MR) is 53.1 cm³/mol. The van der Waals surface area contributed by atoms with E-state index in [1.807, 2.05) is 0 Å². The average molecular weight is 204 g/mol. The first-order valence-corrected chi connectivity index (χ1v) is 6.29. The largest absolute Gasteiger partial charge is 0.216 e. The first-order chi connectivity index (χ1) is 5.77. The van der Waals surface area contributed by atoms with E-state index in [-0.39, 0.29) is 7.92 Å². The fraction of sp³-hybridized carbons (Fsp3) is 0.833. The van der Waals surface area contributed by atoms with Gasteiger partial charge in [0.15, 0.2) is 0 Å². The Labute approximate surface area is 78.9 Å². The second-order valence-corrected chi connectivity index (χ2v) is 5.71. The fourth-order valence-corrected chi connectivity index (χ4v) is 2.58. The number of hydrogen-bond donors (Lipinski definition) is 1. The highest BCUT2D eigenvalue weighted by Crippen LogP contribution is 2.35. The van der Waals surface area contributed by atoms with E-state index in [1.165, 1.54) is 12.3 Å². The molecule has 0 N–H and O–H groups in total. The van der Waals surface area contributed by atoms with E-state index < -0.39 is 0 Å². The van der Waals surface area contributed by atoms with Crippen LogP contribution in [0, 0.1) is 0 Å². The lowest BCUT2D eigenvalue weighted by molar-refractivity contribution is 0.646. The Bertz CT molecular complexity index is 235. The molecule has 0 radical (unpaired) electrons. The smallest absolute Gasteiger partial charge is 0.206 e. The molecular formula is C6H13N4PS. The van der Waals surface area contributed by atoms with Gasteiger partial charge in [-0.3, -0.25) is 0 Å². The van der Waals surface area contributed by atoms with Crippen molar-refractivity contribution in [3.05, 3.63) is 0 Å². The summed E-state index contributed by atoms with van der Waals surface area (Å²) < 4.78 is 1.77. The van der Waals surface area contributed by atoms with Crippen LogP contribution in [0.3, 0.4) is 0 Å². The van der Waals surface area contributed by atoms with Crippen LogP contribution in [0.1, 0.15) is 13.8 Å². The highest BCUT2D eigenvalue weighted by molar-refractivity contribution is 7.80. The van der Waals surface area contributed by atoms with Gasteiger partial charge in [0.05, 0.1) is 6.29 Å². The lowest BCUT2D eigenvalue weighted by atomic mass is 11.0. The minimum atomic E-state index is 0.0486. The normalized spacial score (nSPS) is 11.0. The third kappa shape index (κ3) is 2.42. The maximum atomic E-state index is 4.14. The fourth-order valence-electron chi connectivity index (χ4n) is 0.904. The highest BCUT2D eigenvalue weighted by atomic mass is 32.1. The number of rotatable bonds is 4. The number of tetrazole rings is 1. The summed E-state index contributed by atoms with van der Waals surface area (Å²) in [6, 6.07) is 0. The molecule has 1 heterocycles. The first kappa shape index (κ1) is 9.93. The topological polar surface area (TPSA) is 43.6 Å². The molecule has 1 aromatic rings. The number of thiol groups is 1. The van der Waals surface area contributed by atoms with E-state index in [4.69, 9.17) is 0 Å². The van der Waals surface area contributed by atoms with Crippen molar-refractivity contribution in [3.63, 3.8) is 0 Å². The molecule has 0 atom stereocenters. The van der Waals surface area contributed by atoms with E-state index >= 15 is 0 Å². The van der Waals surface area contributed by atoms with Gasteiger partial charge in [-0.1, -0.05) is 21.8 Å². The maximum absolute atomic E-state index is 4.14. The van der Waals surface area contributed by atoms with Crippen LogP contribution in [0.2, 0.25) is 0 Å². The molecule has 0 saturated heterocycles. The van der Waals surface area contributed by atoms with Crippen LogP contribution < -0.4 is 0 Å². The Kier molecular flexibility index (Phi) is 3.95. The zero-order valence-corrected chi connectivity index (χ0v) is 9.09. The van der Waals surface area contributed by atoms with Crippen molar-refractivity contribution in [1.82, 2.24) is 20.2 Å². The molecule has 0 aliphatic rings. The van der Waals surface area contributed by atoms with E-state index in [9.17, 15) is 0 Å². The Morgan fingerprint density at radius 2 is 2.08 bits per heavy atom. The van der Waals surface area contributed by atoms with Crippen molar-refractivity contribution in [3.8, 4) is 0 Å². The molecule has 0 unspecified atom stereocenters. The van der Waals surface area contributed by atoms with Gasteiger partial charge in [-0.2, -0.15) is 0 Å². The van der Waals surface area contributed by atoms with Gasteiger partial charge >= 0.3 is 0 Å². The van der Waals surface area contributed by atoms with Gasteiger partial charge in [0.2, 0.25) is 5.16 Å². The van der Waals surface area contributed by atoms with E-state index in [2.05, 4.69) is 42.0 Å². The SMILES string of the molecule is CCP(CC)Cn1nnnc1S. The molecule has 12 heavy (non-hydrogen) atoms. The lowest BCUT2D eigenvalue weighted by Gasteiger charge is -2.11. The van der Waals surface area contributed by atoms with Crippen molar-refractivity contribution >= 4 is 20.6 Å². The molecule has 4 nitrogen and oxygen atoms in total. The van der Waals surface area contributed by atoms with E-state index in [1.54, 1.807) is 4.68 Å². The van der Waals surface area contributed by atoms with Gasteiger partial charge in [-0.25, -0.2) is 4.68 Å². The van der Waals surface area contributed by atoms with Crippen molar-refractivity contribution in [2.45, 2.75) is 25.3 Å². The van der Waals surface area contributed by atoms with Gasteiger partial charge in [0.25, 0.3) is 0 Å². The lowest BCUT2D eigenvalue weighted by Crippen LogP contribution is -2.02. The van der Waals surface area contributed by atoms with Crippen molar-refractivity contribution in [1.29, 1.82) is 0 Å². The summed E-state index contributed by atoms with van der Waals surface area (Å²) in [5.74, 6) is 0. The molecule has 1 aromatic heterocycles. The van der Waals surface area contributed by atoms with Crippen LogP contribution in [0.15, 0.2) is 5.16 Å². The van der Waals surface area contributed by atoms with Gasteiger partial charge in [0, 0.05) is 0 Å². The zero-order valence-electron chi connectivity index (χ0n) is 7.30.